The van der Waals surface area contributed by atoms with Crippen LogP contribution in [0.5, 0.6) is 0 Å². The number of carbonyl (C=O) groups excluding carboxylic acids is 1. The fourth-order valence-corrected chi connectivity index (χ4v) is 2.84. The minimum Gasteiger partial charge on any atom is -0.356 e. The van der Waals surface area contributed by atoms with Crippen LogP contribution in [0.25, 0.3) is 0 Å². The molecule has 17 heavy (non-hydrogen) atoms. The Balaban J connectivity index is 2.26. The SMILES string of the molecule is CCC(CCCl)CNC(=O)C1CCCCCC1. The second kappa shape index (κ2) is 8.79. The maximum Gasteiger partial charge on any atom is 0.223 e. The van der Waals surface area contributed by atoms with Crippen molar-refractivity contribution in [3.63, 3.8) is 0 Å². The molecule has 1 saturated carbocycles. The third-order valence-electron chi connectivity index (χ3n) is 3.89. The molecule has 1 atom stereocenters. The van der Waals surface area contributed by atoms with Gasteiger partial charge in [0.25, 0.3) is 0 Å². The van der Waals surface area contributed by atoms with E-state index in [2.05, 4.69) is 12.2 Å². The highest BCUT2D eigenvalue weighted by Gasteiger charge is 2.20. The Kier molecular flexibility index (Phi) is 7.67. The molecule has 3 heteroatoms. The average Bonchev–Trinajstić information content (AvgIpc) is 2.62. The van der Waals surface area contributed by atoms with Gasteiger partial charge in [0, 0.05) is 18.3 Å². The largest absolute Gasteiger partial charge is 0.356 e. The summed E-state index contributed by atoms with van der Waals surface area (Å²) in [5.41, 5.74) is 0. The first kappa shape index (κ1) is 14.8. The fraction of sp³-hybridized carbons (Fsp3) is 0.929. The van der Waals surface area contributed by atoms with Gasteiger partial charge in [-0.05, 0) is 25.2 Å². The molecule has 0 radical (unpaired) electrons. The molecule has 1 fully saturated rings. The Hall–Kier alpha value is -0.240. The van der Waals surface area contributed by atoms with E-state index in [4.69, 9.17) is 11.6 Å². The monoisotopic (exact) mass is 259 g/mol. The number of carbonyl (C=O) groups is 1. The Labute approximate surface area is 110 Å². The third kappa shape index (κ3) is 5.76. The molecule has 2 nitrogen and oxygen atoms in total. The lowest BCUT2D eigenvalue weighted by Crippen LogP contribution is -2.34. The maximum atomic E-state index is 12.0. The van der Waals surface area contributed by atoms with Crippen molar-refractivity contribution in [2.45, 2.75) is 58.3 Å². The molecule has 0 saturated heterocycles. The predicted octanol–water partition coefficient (Wildman–Crippen LogP) is 3.73. The van der Waals surface area contributed by atoms with Crippen LogP contribution < -0.4 is 5.32 Å². The number of halogens is 1. The summed E-state index contributed by atoms with van der Waals surface area (Å²) < 4.78 is 0. The van der Waals surface area contributed by atoms with Crippen LogP contribution in [0.2, 0.25) is 0 Å². The molecular formula is C14H26ClNO. The Morgan fingerprint density at radius 3 is 2.47 bits per heavy atom. The van der Waals surface area contributed by atoms with E-state index >= 15 is 0 Å². The zero-order chi connectivity index (χ0) is 12.5. The van der Waals surface area contributed by atoms with E-state index in [0.717, 1.165) is 32.2 Å². The molecule has 1 rings (SSSR count). The first-order chi connectivity index (χ1) is 8.27. The lowest BCUT2D eigenvalue weighted by Gasteiger charge is -2.18. The van der Waals surface area contributed by atoms with Crippen molar-refractivity contribution in [2.24, 2.45) is 11.8 Å². The average molecular weight is 260 g/mol. The van der Waals surface area contributed by atoms with Gasteiger partial charge in [-0.2, -0.15) is 0 Å². The zero-order valence-electron chi connectivity index (χ0n) is 11.0. The predicted molar refractivity (Wildman–Crippen MR) is 73.3 cm³/mol. The summed E-state index contributed by atoms with van der Waals surface area (Å²) in [7, 11) is 0. The van der Waals surface area contributed by atoms with Crippen LogP contribution in [0.4, 0.5) is 0 Å². The Bertz CT molecular complexity index is 212. The highest BCUT2D eigenvalue weighted by Crippen LogP contribution is 2.23. The van der Waals surface area contributed by atoms with E-state index in [0.29, 0.717) is 11.8 Å². The van der Waals surface area contributed by atoms with Crippen molar-refractivity contribution in [3.8, 4) is 0 Å². The molecule has 1 aliphatic carbocycles. The summed E-state index contributed by atoms with van der Waals surface area (Å²) in [4.78, 5) is 12.0. The van der Waals surface area contributed by atoms with Gasteiger partial charge in [0.15, 0.2) is 0 Å². The molecular weight excluding hydrogens is 234 g/mol. The van der Waals surface area contributed by atoms with Gasteiger partial charge < -0.3 is 5.32 Å². The van der Waals surface area contributed by atoms with Gasteiger partial charge in [0.2, 0.25) is 5.91 Å². The van der Waals surface area contributed by atoms with Gasteiger partial charge in [-0.3, -0.25) is 4.79 Å². The van der Waals surface area contributed by atoms with Gasteiger partial charge in [-0.1, -0.05) is 39.0 Å². The van der Waals surface area contributed by atoms with Gasteiger partial charge in [-0.15, -0.1) is 11.6 Å². The number of alkyl halides is 1. The van der Waals surface area contributed by atoms with Crippen molar-refractivity contribution < 1.29 is 4.79 Å². The van der Waals surface area contributed by atoms with Crippen molar-refractivity contribution in [1.29, 1.82) is 0 Å². The molecule has 1 amide bonds. The molecule has 0 spiro atoms. The molecule has 0 aromatic heterocycles. The molecule has 0 heterocycles. The minimum absolute atomic E-state index is 0.269. The number of amides is 1. The van der Waals surface area contributed by atoms with E-state index in [1.165, 1.54) is 25.7 Å². The van der Waals surface area contributed by atoms with Crippen molar-refractivity contribution in [1.82, 2.24) is 5.32 Å². The number of hydrogen-bond donors (Lipinski definition) is 1. The van der Waals surface area contributed by atoms with E-state index in [9.17, 15) is 4.79 Å². The summed E-state index contributed by atoms with van der Waals surface area (Å²) in [6, 6.07) is 0. The lowest BCUT2D eigenvalue weighted by molar-refractivity contribution is -0.125. The molecule has 0 bridgehead atoms. The van der Waals surface area contributed by atoms with Gasteiger partial charge in [-0.25, -0.2) is 0 Å². The Morgan fingerprint density at radius 2 is 1.94 bits per heavy atom. The zero-order valence-corrected chi connectivity index (χ0v) is 11.8. The van der Waals surface area contributed by atoms with E-state index in [1.54, 1.807) is 0 Å². The summed E-state index contributed by atoms with van der Waals surface area (Å²) in [6.07, 6.45) is 9.30. The normalized spacial score (nSPS) is 19.6. The first-order valence-corrected chi connectivity index (χ1v) is 7.65. The first-order valence-electron chi connectivity index (χ1n) is 7.11. The number of hydrogen-bond acceptors (Lipinski definition) is 1. The molecule has 1 unspecified atom stereocenters. The van der Waals surface area contributed by atoms with Gasteiger partial charge in [0.05, 0.1) is 0 Å². The van der Waals surface area contributed by atoms with E-state index in [1.807, 2.05) is 0 Å². The van der Waals surface area contributed by atoms with Crippen molar-refractivity contribution in [3.05, 3.63) is 0 Å². The van der Waals surface area contributed by atoms with Crippen LogP contribution >= 0.6 is 11.6 Å². The quantitative estimate of drug-likeness (QED) is 0.572. The van der Waals surface area contributed by atoms with Gasteiger partial charge >= 0.3 is 0 Å². The van der Waals surface area contributed by atoms with Crippen molar-refractivity contribution in [2.75, 3.05) is 12.4 Å². The molecule has 1 aliphatic rings. The standard InChI is InChI=1S/C14H26ClNO/c1-2-12(9-10-15)11-16-14(17)13-7-5-3-4-6-8-13/h12-13H,2-11H2,1H3,(H,16,17). The van der Waals surface area contributed by atoms with E-state index in [-0.39, 0.29) is 11.8 Å². The highest BCUT2D eigenvalue weighted by molar-refractivity contribution is 6.17. The maximum absolute atomic E-state index is 12.0. The molecule has 0 aliphatic heterocycles. The highest BCUT2D eigenvalue weighted by atomic mass is 35.5. The molecule has 100 valence electrons. The second-order valence-corrected chi connectivity index (χ2v) is 5.56. The smallest absolute Gasteiger partial charge is 0.223 e. The number of rotatable bonds is 6. The van der Waals surface area contributed by atoms with E-state index < -0.39 is 0 Å². The second-order valence-electron chi connectivity index (χ2n) is 5.19. The van der Waals surface area contributed by atoms with Crippen LogP contribution in [0.3, 0.4) is 0 Å². The van der Waals surface area contributed by atoms with Crippen LogP contribution in [0.15, 0.2) is 0 Å². The molecule has 0 aromatic carbocycles. The summed E-state index contributed by atoms with van der Waals surface area (Å²) in [5.74, 6) is 1.78. The number of nitrogens with one attached hydrogen (secondary N) is 1. The molecule has 1 N–H and O–H groups in total. The molecule has 0 aromatic rings. The van der Waals surface area contributed by atoms with Crippen LogP contribution in [-0.4, -0.2) is 18.3 Å². The summed E-state index contributed by atoms with van der Waals surface area (Å²) >= 11 is 5.75. The van der Waals surface area contributed by atoms with Gasteiger partial charge in [0.1, 0.15) is 0 Å². The Morgan fingerprint density at radius 1 is 1.29 bits per heavy atom. The van der Waals surface area contributed by atoms with Crippen LogP contribution in [0, 0.1) is 11.8 Å². The minimum atomic E-state index is 0.269. The van der Waals surface area contributed by atoms with Crippen LogP contribution in [0.1, 0.15) is 58.3 Å². The third-order valence-corrected chi connectivity index (χ3v) is 4.10. The summed E-state index contributed by atoms with van der Waals surface area (Å²) in [5, 5.41) is 3.12. The lowest BCUT2D eigenvalue weighted by atomic mass is 9.98. The topological polar surface area (TPSA) is 29.1 Å². The van der Waals surface area contributed by atoms with Crippen molar-refractivity contribution >= 4 is 17.5 Å². The summed E-state index contributed by atoms with van der Waals surface area (Å²) in [6.45, 7) is 2.97. The fourth-order valence-electron chi connectivity index (χ4n) is 2.54. The van der Waals surface area contributed by atoms with Crippen LogP contribution in [-0.2, 0) is 4.79 Å².